The fraction of sp³-hybridized carbons (Fsp3) is 0.238. The predicted molar refractivity (Wildman–Crippen MR) is 118 cm³/mol. The van der Waals surface area contributed by atoms with E-state index in [0.29, 0.717) is 26.2 Å². The van der Waals surface area contributed by atoms with Gasteiger partial charge in [0.1, 0.15) is 11.3 Å². The molecule has 1 saturated carbocycles. The van der Waals surface area contributed by atoms with Gasteiger partial charge < -0.3 is 5.32 Å². The molecule has 4 aromatic rings. The van der Waals surface area contributed by atoms with Gasteiger partial charge in [0.15, 0.2) is 11.5 Å². The summed E-state index contributed by atoms with van der Waals surface area (Å²) in [4.78, 5) is 17.3. The lowest BCUT2D eigenvalue weighted by Gasteiger charge is -2.11. The Morgan fingerprint density at radius 2 is 2.03 bits per heavy atom. The smallest absolute Gasteiger partial charge is 0.304 e. The zero-order valence-electron chi connectivity index (χ0n) is 16.8. The molecule has 3 heterocycles. The molecule has 1 N–H and O–H groups in total. The second kappa shape index (κ2) is 8.14. The number of amides is 1. The molecule has 0 bridgehead atoms. The number of carbonyl (C=O) groups excluding carboxylic acids is 1. The fourth-order valence-electron chi connectivity index (χ4n) is 3.47. The Hall–Kier alpha value is -2.92. The van der Waals surface area contributed by atoms with Crippen molar-refractivity contribution in [2.45, 2.75) is 31.5 Å². The van der Waals surface area contributed by atoms with Gasteiger partial charge in [0, 0.05) is 22.8 Å². The number of rotatable bonds is 5. The summed E-state index contributed by atoms with van der Waals surface area (Å²) in [5, 5.41) is 11.3. The van der Waals surface area contributed by atoms with Crippen LogP contribution in [0.3, 0.4) is 0 Å². The summed E-state index contributed by atoms with van der Waals surface area (Å²) in [7, 11) is 0. The van der Waals surface area contributed by atoms with Crippen molar-refractivity contribution in [3.8, 4) is 0 Å². The zero-order valence-corrected chi connectivity index (χ0v) is 19.1. The number of nitrogens with zero attached hydrogens (tertiary/aromatic N) is 5. The lowest BCUT2D eigenvalue weighted by atomic mass is 10.2. The van der Waals surface area contributed by atoms with Crippen LogP contribution in [0, 0.1) is 0 Å². The fourth-order valence-corrected chi connectivity index (χ4v) is 4.08. The third kappa shape index (κ3) is 4.34. The molecule has 0 unspecified atom stereocenters. The summed E-state index contributed by atoms with van der Waals surface area (Å²) in [5.41, 5.74) is -0.0224. The van der Waals surface area contributed by atoms with Crippen LogP contribution in [0.1, 0.15) is 46.1 Å². The van der Waals surface area contributed by atoms with E-state index in [4.69, 9.17) is 11.6 Å². The van der Waals surface area contributed by atoms with E-state index in [1.54, 1.807) is 16.9 Å². The maximum absolute atomic E-state index is 13.6. The van der Waals surface area contributed by atoms with E-state index in [-0.39, 0.29) is 22.9 Å². The number of alkyl halides is 3. The van der Waals surface area contributed by atoms with Gasteiger partial charge in [-0.1, -0.05) is 29.8 Å². The third-order valence-corrected chi connectivity index (χ3v) is 6.21. The highest BCUT2D eigenvalue weighted by Crippen LogP contribution is 2.41. The Morgan fingerprint density at radius 1 is 1.27 bits per heavy atom. The highest BCUT2D eigenvalue weighted by atomic mass is 79.9. The number of carbonyl (C=O) groups is 1. The molecule has 1 aliphatic carbocycles. The lowest BCUT2D eigenvalue weighted by Crippen LogP contribution is -2.16. The van der Waals surface area contributed by atoms with Crippen molar-refractivity contribution in [3.63, 3.8) is 0 Å². The van der Waals surface area contributed by atoms with E-state index in [1.807, 2.05) is 18.2 Å². The van der Waals surface area contributed by atoms with E-state index in [2.05, 4.69) is 36.4 Å². The molecule has 12 heteroatoms. The molecule has 170 valence electrons. The van der Waals surface area contributed by atoms with Crippen molar-refractivity contribution >= 4 is 44.9 Å². The number of halogens is 5. The topological polar surface area (TPSA) is 77.1 Å². The van der Waals surface area contributed by atoms with Crippen LogP contribution in [-0.4, -0.2) is 30.3 Å². The molecule has 0 spiro atoms. The molecular formula is C21H15BrClF3N6O. The van der Waals surface area contributed by atoms with Crippen LogP contribution >= 0.6 is 27.5 Å². The zero-order chi connectivity index (χ0) is 23.3. The minimum Gasteiger partial charge on any atom is -0.304 e. The van der Waals surface area contributed by atoms with Gasteiger partial charge in [-0.2, -0.15) is 23.4 Å². The second-order valence-electron chi connectivity index (χ2n) is 7.70. The minimum atomic E-state index is -4.63. The van der Waals surface area contributed by atoms with Gasteiger partial charge in [-0.05, 0) is 46.5 Å². The van der Waals surface area contributed by atoms with Crippen LogP contribution in [0.5, 0.6) is 0 Å². The molecular weight excluding hydrogens is 525 g/mol. The molecule has 1 aliphatic rings. The largest absolute Gasteiger partial charge is 0.433 e. The van der Waals surface area contributed by atoms with Gasteiger partial charge in [-0.15, -0.1) is 0 Å². The molecule has 1 fully saturated rings. The van der Waals surface area contributed by atoms with Crippen LogP contribution in [0.25, 0.3) is 5.65 Å². The predicted octanol–water partition coefficient (Wildman–Crippen LogP) is 5.54. The molecule has 0 atom stereocenters. The summed E-state index contributed by atoms with van der Waals surface area (Å²) in [6.45, 7) is 0.367. The first-order valence-electron chi connectivity index (χ1n) is 9.94. The third-order valence-electron chi connectivity index (χ3n) is 5.26. The van der Waals surface area contributed by atoms with Crippen molar-refractivity contribution in [2.24, 2.45) is 0 Å². The quantitative estimate of drug-likeness (QED) is 0.361. The Labute approximate surface area is 198 Å². The number of aromatic nitrogens is 5. The number of fused-ring (bicyclic) bond motifs is 1. The van der Waals surface area contributed by atoms with E-state index in [1.165, 1.54) is 0 Å². The molecule has 1 aromatic carbocycles. The summed E-state index contributed by atoms with van der Waals surface area (Å²) in [6.07, 6.45) is -0.346. The van der Waals surface area contributed by atoms with E-state index in [0.717, 1.165) is 30.7 Å². The molecule has 3 aromatic heterocycles. The molecule has 1 amide bonds. The number of hydrogen-bond donors (Lipinski definition) is 1. The van der Waals surface area contributed by atoms with Crippen molar-refractivity contribution in [1.29, 1.82) is 0 Å². The standard InChI is InChI=1S/C21H15BrClF3N6O/c22-14-10-31(9-12-3-1-2-4-15(12)23)30-18(14)29-20(33)13-8-27-32-17(21(24,25)26)7-16(11-5-6-11)28-19(13)32/h1-4,7-8,10-11H,5-6,9H2,(H,29,30,33). The molecule has 0 aliphatic heterocycles. The molecule has 0 saturated heterocycles. The van der Waals surface area contributed by atoms with Gasteiger partial charge in [-0.25, -0.2) is 9.50 Å². The van der Waals surface area contributed by atoms with Gasteiger partial charge >= 0.3 is 6.18 Å². The molecule has 0 radical (unpaired) electrons. The maximum Gasteiger partial charge on any atom is 0.433 e. The van der Waals surface area contributed by atoms with E-state index < -0.39 is 17.8 Å². The normalized spacial score (nSPS) is 14.1. The van der Waals surface area contributed by atoms with E-state index in [9.17, 15) is 18.0 Å². The Morgan fingerprint density at radius 3 is 2.73 bits per heavy atom. The summed E-state index contributed by atoms with van der Waals surface area (Å²) in [6, 6.07) is 8.30. The number of hydrogen-bond acceptors (Lipinski definition) is 4. The summed E-state index contributed by atoms with van der Waals surface area (Å²) in [5.74, 6) is -0.486. The highest BCUT2D eigenvalue weighted by molar-refractivity contribution is 9.10. The van der Waals surface area contributed by atoms with Crippen LogP contribution in [0.2, 0.25) is 5.02 Å². The summed E-state index contributed by atoms with van der Waals surface area (Å²) >= 11 is 9.54. The Bertz CT molecular complexity index is 1380. The summed E-state index contributed by atoms with van der Waals surface area (Å²) < 4.78 is 43.5. The number of benzene rings is 1. The van der Waals surface area contributed by atoms with Crippen LogP contribution in [0.4, 0.5) is 19.0 Å². The van der Waals surface area contributed by atoms with Crippen LogP contribution in [-0.2, 0) is 12.7 Å². The Balaban J connectivity index is 1.45. The number of anilines is 1. The van der Waals surface area contributed by atoms with Crippen molar-refractivity contribution in [3.05, 3.63) is 74.7 Å². The molecule has 7 nitrogen and oxygen atoms in total. The lowest BCUT2D eigenvalue weighted by molar-refractivity contribution is -0.142. The molecule has 33 heavy (non-hydrogen) atoms. The second-order valence-corrected chi connectivity index (χ2v) is 8.96. The Kier molecular flexibility index (Phi) is 5.40. The van der Waals surface area contributed by atoms with Gasteiger partial charge in [0.25, 0.3) is 5.91 Å². The highest BCUT2D eigenvalue weighted by Gasteiger charge is 2.38. The van der Waals surface area contributed by atoms with Crippen LogP contribution < -0.4 is 5.32 Å². The number of nitrogens with one attached hydrogen (secondary N) is 1. The minimum absolute atomic E-state index is 0.0310. The van der Waals surface area contributed by atoms with E-state index >= 15 is 0 Å². The maximum atomic E-state index is 13.6. The van der Waals surface area contributed by atoms with Crippen molar-refractivity contribution in [1.82, 2.24) is 24.4 Å². The first-order chi connectivity index (χ1) is 15.7. The van der Waals surface area contributed by atoms with Gasteiger partial charge in [0.2, 0.25) is 0 Å². The van der Waals surface area contributed by atoms with Crippen LogP contribution in [0.15, 0.2) is 47.2 Å². The van der Waals surface area contributed by atoms with Gasteiger partial charge in [0.05, 0.1) is 17.2 Å². The SMILES string of the molecule is O=C(Nc1nn(Cc2ccccc2Cl)cc1Br)c1cnn2c(C(F)(F)F)cc(C3CC3)nc12. The van der Waals surface area contributed by atoms with Crippen molar-refractivity contribution in [2.75, 3.05) is 5.32 Å². The average molecular weight is 540 g/mol. The first kappa shape index (κ1) is 21.9. The molecule has 5 rings (SSSR count). The average Bonchev–Trinajstić information content (AvgIpc) is 3.43. The van der Waals surface area contributed by atoms with Crippen molar-refractivity contribution < 1.29 is 18.0 Å². The monoisotopic (exact) mass is 538 g/mol. The van der Waals surface area contributed by atoms with Gasteiger partial charge in [-0.3, -0.25) is 9.48 Å². The first-order valence-corrected chi connectivity index (χ1v) is 11.1.